The Labute approximate surface area is 132 Å². The van der Waals surface area contributed by atoms with Gasteiger partial charge in [-0.25, -0.2) is 0 Å². The molecule has 2 aromatic rings. The Bertz CT molecular complexity index is 672. The van der Waals surface area contributed by atoms with Crippen LogP contribution in [0.5, 0.6) is 0 Å². The van der Waals surface area contributed by atoms with E-state index in [1.807, 2.05) is 0 Å². The maximum absolute atomic E-state index is 5.87. The number of benzene rings is 1. The average Bonchev–Trinajstić information content (AvgIpc) is 3.13. The van der Waals surface area contributed by atoms with Gasteiger partial charge in [-0.05, 0) is 48.4 Å². The molecule has 1 saturated heterocycles. The summed E-state index contributed by atoms with van der Waals surface area (Å²) in [5.41, 5.74) is 4.29. The molecule has 1 aromatic carbocycles. The highest BCUT2D eigenvalue weighted by Crippen LogP contribution is 2.44. The monoisotopic (exact) mass is 299 g/mol. The lowest BCUT2D eigenvalue weighted by Crippen LogP contribution is -2.34. The molecule has 0 atom stereocenters. The molecule has 0 bridgehead atoms. The normalized spacial score (nSPS) is 21.9. The highest BCUT2D eigenvalue weighted by molar-refractivity contribution is 5.85. The van der Waals surface area contributed by atoms with Gasteiger partial charge in [0.2, 0.25) is 0 Å². The lowest BCUT2D eigenvalue weighted by atomic mass is 9.81. The molecule has 3 heteroatoms. The molecular formula is C19H25NO2. The van der Waals surface area contributed by atoms with Crippen molar-refractivity contribution in [3.8, 4) is 0 Å². The minimum Gasteiger partial charge on any atom is -0.350 e. The number of rotatable bonds is 2. The predicted octanol–water partition coefficient (Wildman–Crippen LogP) is 4.14. The zero-order valence-corrected chi connectivity index (χ0v) is 13.6. The van der Waals surface area contributed by atoms with E-state index in [4.69, 9.17) is 9.47 Å². The minimum atomic E-state index is -0.254. The van der Waals surface area contributed by atoms with Gasteiger partial charge in [-0.15, -0.1) is 0 Å². The largest absolute Gasteiger partial charge is 0.350 e. The van der Waals surface area contributed by atoms with Crippen LogP contribution in [-0.2, 0) is 22.9 Å². The summed E-state index contributed by atoms with van der Waals surface area (Å²) in [5.74, 6) is 0.379. The molecular weight excluding hydrogens is 274 g/mol. The summed E-state index contributed by atoms with van der Waals surface area (Å²) in [7, 11) is 2.16. The van der Waals surface area contributed by atoms with Crippen LogP contribution in [0.3, 0.4) is 0 Å². The molecule has 2 aliphatic rings. The van der Waals surface area contributed by atoms with Crippen molar-refractivity contribution in [1.82, 2.24) is 4.57 Å². The summed E-state index contributed by atoms with van der Waals surface area (Å²) < 4.78 is 14.0. The first-order valence-electron chi connectivity index (χ1n) is 8.56. The van der Waals surface area contributed by atoms with E-state index in [0.29, 0.717) is 5.92 Å². The predicted molar refractivity (Wildman–Crippen MR) is 88.1 cm³/mol. The molecule has 2 heterocycles. The van der Waals surface area contributed by atoms with Crippen molar-refractivity contribution in [2.75, 3.05) is 13.2 Å². The highest BCUT2D eigenvalue weighted by Gasteiger charge is 2.40. The molecule has 3 nitrogen and oxygen atoms in total. The van der Waals surface area contributed by atoms with Crippen molar-refractivity contribution in [1.29, 1.82) is 0 Å². The minimum absolute atomic E-state index is 0.254. The van der Waals surface area contributed by atoms with Crippen molar-refractivity contribution in [3.63, 3.8) is 0 Å². The van der Waals surface area contributed by atoms with Gasteiger partial charge in [-0.1, -0.05) is 13.0 Å². The van der Waals surface area contributed by atoms with Crippen molar-refractivity contribution in [3.05, 3.63) is 35.5 Å². The van der Waals surface area contributed by atoms with Crippen molar-refractivity contribution in [2.45, 2.75) is 50.7 Å². The van der Waals surface area contributed by atoms with Gasteiger partial charge < -0.3 is 14.0 Å². The second-order valence-electron chi connectivity index (χ2n) is 6.78. The first kappa shape index (κ1) is 14.3. The van der Waals surface area contributed by atoms with Crippen molar-refractivity contribution in [2.24, 2.45) is 7.05 Å². The van der Waals surface area contributed by atoms with E-state index in [1.54, 1.807) is 0 Å². The quantitative estimate of drug-likeness (QED) is 0.832. The summed E-state index contributed by atoms with van der Waals surface area (Å²) in [6.45, 7) is 3.75. The summed E-state index contributed by atoms with van der Waals surface area (Å²) in [6.07, 6.45) is 7.82. The fourth-order valence-electron chi connectivity index (χ4n) is 4.17. The van der Waals surface area contributed by atoms with Gasteiger partial charge in [0.25, 0.3) is 0 Å². The Kier molecular flexibility index (Phi) is 3.50. The molecule has 0 unspecified atom stereocenters. The molecule has 1 aliphatic heterocycles. The topological polar surface area (TPSA) is 23.4 Å². The van der Waals surface area contributed by atoms with Gasteiger partial charge in [0.15, 0.2) is 5.79 Å². The standard InChI is InChI=1S/C19H25NO2/c1-3-14-4-5-18-16(12-14)17(13-20(18)2)15-6-8-19(9-7-15)21-10-11-22-19/h4-5,12-13,15H,3,6-11H2,1-2H3. The molecule has 118 valence electrons. The molecule has 1 aromatic heterocycles. The maximum Gasteiger partial charge on any atom is 0.168 e. The van der Waals surface area contributed by atoms with Gasteiger partial charge in [-0.2, -0.15) is 0 Å². The Morgan fingerprint density at radius 2 is 1.91 bits per heavy atom. The highest BCUT2D eigenvalue weighted by atomic mass is 16.7. The molecule has 22 heavy (non-hydrogen) atoms. The van der Waals surface area contributed by atoms with Crippen LogP contribution < -0.4 is 0 Å². The third-order valence-corrected chi connectivity index (χ3v) is 5.49. The average molecular weight is 299 g/mol. The van der Waals surface area contributed by atoms with Crippen molar-refractivity contribution >= 4 is 10.9 Å². The van der Waals surface area contributed by atoms with Gasteiger partial charge in [0.05, 0.1) is 13.2 Å². The number of hydrogen-bond donors (Lipinski definition) is 0. The van der Waals surface area contributed by atoms with Crippen LogP contribution in [0.15, 0.2) is 24.4 Å². The second kappa shape index (κ2) is 5.39. The number of aromatic nitrogens is 1. The molecule has 2 fully saturated rings. The molecule has 0 N–H and O–H groups in total. The Balaban J connectivity index is 1.64. The van der Waals surface area contributed by atoms with Crippen LogP contribution in [0.1, 0.15) is 49.7 Å². The van der Waals surface area contributed by atoms with E-state index in [9.17, 15) is 0 Å². The van der Waals surface area contributed by atoms with E-state index >= 15 is 0 Å². The molecule has 1 spiro atoms. The van der Waals surface area contributed by atoms with Gasteiger partial charge in [-0.3, -0.25) is 0 Å². The van der Waals surface area contributed by atoms with Gasteiger partial charge >= 0.3 is 0 Å². The summed E-state index contributed by atoms with van der Waals surface area (Å²) in [4.78, 5) is 0. The van der Waals surface area contributed by atoms with Crippen LogP contribution in [0.2, 0.25) is 0 Å². The third-order valence-electron chi connectivity index (χ3n) is 5.49. The fraction of sp³-hybridized carbons (Fsp3) is 0.579. The smallest absolute Gasteiger partial charge is 0.168 e. The van der Waals surface area contributed by atoms with Crippen LogP contribution in [0, 0.1) is 0 Å². The van der Waals surface area contributed by atoms with Crippen molar-refractivity contribution < 1.29 is 9.47 Å². The summed E-state index contributed by atoms with van der Waals surface area (Å²) >= 11 is 0. The number of ether oxygens (including phenoxy) is 2. The van der Waals surface area contributed by atoms with Crippen LogP contribution in [-0.4, -0.2) is 23.6 Å². The lowest BCUT2D eigenvalue weighted by molar-refractivity contribution is -0.178. The summed E-state index contributed by atoms with van der Waals surface area (Å²) in [6, 6.07) is 6.91. The zero-order valence-electron chi connectivity index (χ0n) is 13.6. The number of fused-ring (bicyclic) bond motifs is 1. The Morgan fingerprint density at radius 1 is 1.18 bits per heavy atom. The molecule has 1 saturated carbocycles. The van der Waals surface area contributed by atoms with E-state index < -0.39 is 0 Å². The maximum atomic E-state index is 5.87. The van der Waals surface area contributed by atoms with E-state index in [1.165, 1.54) is 22.0 Å². The molecule has 0 amide bonds. The van der Waals surface area contributed by atoms with E-state index in [-0.39, 0.29) is 5.79 Å². The molecule has 4 rings (SSSR count). The number of nitrogens with zero attached hydrogens (tertiary/aromatic N) is 1. The number of aryl methyl sites for hydroxylation is 2. The summed E-state index contributed by atoms with van der Waals surface area (Å²) in [5, 5.41) is 1.44. The number of hydrogen-bond acceptors (Lipinski definition) is 2. The molecule has 1 aliphatic carbocycles. The van der Waals surface area contributed by atoms with E-state index in [0.717, 1.165) is 45.3 Å². The first-order valence-corrected chi connectivity index (χ1v) is 8.56. The van der Waals surface area contributed by atoms with Crippen LogP contribution in [0.4, 0.5) is 0 Å². The van der Waals surface area contributed by atoms with Gasteiger partial charge in [0, 0.05) is 37.0 Å². The fourth-order valence-corrected chi connectivity index (χ4v) is 4.17. The Morgan fingerprint density at radius 3 is 2.59 bits per heavy atom. The van der Waals surface area contributed by atoms with Crippen LogP contribution >= 0.6 is 0 Å². The van der Waals surface area contributed by atoms with Crippen LogP contribution in [0.25, 0.3) is 10.9 Å². The lowest BCUT2D eigenvalue weighted by Gasteiger charge is -2.35. The van der Waals surface area contributed by atoms with E-state index in [2.05, 4.69) is 42.9 Å². The molecule has 0 radical (unpaired) electrons. The Hall–Kier alpha value is -1.32. The van der Waals surface area contributed by atoms with Gasteiger partial charge in [0.1, 0.15) is 0 Å². The third kappa shape index (κ3) is 2.27. The SMILES string of the molecule is CCc1ccc2c(c1)c(C1CCC3(CC1)OCCO3)cn2C. The second-order valence-corrected chi connectivity index (χ2v) is 6.78. The first-order chi connectivity index (χ1) is 10.7. The zero-order chi connectivity index (χ0) is 15.2.